The van der Waals surface area contributed by atoms with Gasteiger partial charge in [0.25, 0.3) is 0 Å². The van der Waals surface area contributed by atoms with E-state index in [9.17, 15) is 19.8 Å². The summed E-state index contributed by atoms with van der Waals surface area (Å²) in [7, 11) is 0. The van der Waals surface area contributed by atoms with Crippen molar-refractivity contribution in [2.45, 2.75) is 26.7 Å². The maximum Gasteiger partial charge on any atom is 2.00 e. The maximum absolute atomic E-state index is 9.68. The fourth-order valence-electron chi connectivity index (χ4n) is 0.600. The van der Waals surface area contributed by atoms with Crippen LogP contribution in [-0.2, 0) is 36.1 Å². The molecule has 0 saturated carbocycles. The molecule has 0 atom stereocenters. The van der Waals surface area contributed by atoms with Gasteiger partial charge in [0.1, 0.15) is 0 Å². The van der Waals surface area contributed by atoms with Crippen molar-refractivity contribution in [1.82, 2.24) is 0 Å². The number of hydrogen-bond acceptors (Lipinski definition) is 6. The SMILES string of the molecule is CCOCCC(=O)[O-].CCOCCC(=O)[O-].[Mn+2]. The third-order valence-electron chi connectivity index (χ3n) is 1.31. The van der Waals surface area contributed by atoms with Crippen molar-refractivity contribution in [3.05, 3.63) is 0 Å². The average Bonchev–Trinajstić information content (AvgIpc) is 2.18. The first-order valence-corrected chi connectivity index (χ1v) is 5.09. The molecule has 1 radical (unpaired) electrons. The minimum atomic E-state index is -1.06. The number of rotatable bonds is 8. The number of ether oxygens (including phenoxy) is 2. The zero-order valence-corrected chi connectivity index (χ0v) is 11.3. The maximum atomic E-state index is 9.68. The first-order valence-electron chi connectivity index (χ1n) is 5.09. The van der Waals surface area contributed by atoms with Gasteiger partial charge in [0, 0.05) is 38.0 Å². The van der Waals surface area contributed by atoms with Crippen LogP contribution in [0.1, 0.15) is 26.7 Å². The Morgan fingerprint density at radius 1 is 0.882 bits per heavy atom. The van der Waals surface area contributed by atoms with E-state index in [1.54, 1.807) is 0 Å². The van der Waals surface area contributed by atoms with E-state index >= 15 is 0 Å². The number of carbonyl (C=O) groups is 2. The molecule has 0 aliphatic carbocycles. The quantitative estimate of drug-likeness (QED) is 0.391. The number of carboxylic acid groups (broad SMARTS) is 2. The van der Waals surface area contributed by atoms with E-state index in [2.05, 4.69) is 0 Å². The number of aliphatic carboxylic acids is 2. The van der Waals surface area contributed by atoms with E-state index in [1.807, 2.05) is 13.8 Å². The van der Waals surface area contributed by atoms with Gasteiger partial charge in [0.2, 0.25) is 0 Å². The van der Waals surface area contributed by atoms with Crippen LogP contribution >= 0.6 is 0 Å². The summed E-state index contributed by atoms with van der Waals surface area (Å²) in [5, 5.41) is 19.4. The van der Waals surface area contributed by atoms with Gasteiger partial charge in [-0.05, 0) is 13.8 Å². The van der Waals surface area contributed by atoms with Crippen molar-refractivity contribution in [3.8, 4) is 0 Å². The van der Waals surface area contributed by atoms with Gasteiger partial charge in [-0.3, -0.25) is 0 Å². The molecule has 0 heterocycles. The van der Waals surface area contributed by atoms with Crippen LogP contribution in [0.2, 0.25) is 0 Å². The molecular formula is C10H18MnO6. The molecule has 101 valence electrons. The molecule has 0 aliphatic rings. The topological polar surface area (TPSA) is 98.7 Å². The Morgan fingerprint density at radius 3 is 1.35 bits per heavy atom. The Morgan fingerprint density at radius 2 is 1.18 bits per heavy atom. The molecule has 0 aromatic heterocycles. The molecule has 0 N–H and O–H groups in total. The van der Waals surface area contributed by atoms with Crippen molar-refractivity contribution in [2.24, 2.45) is 0 Å². The smallest absolute Gasteiger partial charge is 0.550 e. The van der Waals surface area contributed by atoms with Crippen molar-refractivity contribution in [1.29, 1.82) is 0 Å². The molecule has 0 bridgehead atoms. The van der Waals surface area contributed by atoms with E-state index in [4.69, 9.17) is 9.47 Å². The molecule has 0 aliphatic heterocycles. The zero-order chi connectivity index (χ0) is 12.8. The third kappa shape index (κ3) is 31.3. The van der Waals surface area contributed by atoms with Crippen molar-refractivity contribution in [3.63, 3.8) is 0 Å². The van der Waals surface area contributed by atoms with Crippen LogP contribution in [0.4, 0.5) is 0 Å². The van der Waals surface area contributed by atoms with Crippen LogP contribution in [0.3, 0.4) is 0 Å². The van der Waals surface area contributed by atoms with Crippen LogP contribution in [0.15, 0.2) is 0 Å². The van der Waals surface area contributed by atoms with Gasteiger partial charge in [-0.2, -0.15) is 0 Å². The molecule has 7 heteroatoms. The summed E-state index contributed by atoms with van der Waals surface area (Å²) in [6, 6.07) is 0. The summed E-state index contributed by atoms with van der Waals surface area (Å²) in [5.41, 5.74) is 0. The van der Waals surface area contributed by atoms with Crippen LogP contribution < -0.4 is 10.2 Å². The van der Waals surface area contributed by atoms with E-state index < -0.39 is 11.9 Å². The molecule has 0 spiro atoms. The molecule has 0 unspecified atom stereocenters. The summed E-state index contributed by atoms with van der Waals surface area (Å²) in [6.45, 7) is 5.28. The van der Waals surface area contributed by atoms with Gasteiger partial charge in [-0.25, -0.2) is 0 Å². The molecule has 0 fully saturated rings. The van der Waals surface area contributed by atoms with E-state index in [1.165, 1.54) is 0 Å². The summed E-state index contributed by atoms with van der Waals surface area (Å²) in [6.07, 6.45) is -0.0122. The largest absolute Gasteiger partial charge is 2.00 e. The number of carboxylic acids is 2. The van der Waals surface area contributed by atoms with Crippen molar-refractivity contribution >= 4 is 11.9 Å². The van der Waals surface area contributed by atoms with Gasteiger partial charge < -0.3 is 29.3 Å². The first-order chi connectivity index (χ1) is 7.54. The van der Waals surface area contributed by atoms with Gasteiger partial charge >= 0.3 is 17.1 Å². The Hall–Kier alpha value is -0.621. The van der Waals surface area contributed by atoms with Crippen molar-refractivity contribution < 1.29 is 46.3 Å². The third-order valence-corrected chi connectivity index (χ3v) is 1.31. The average molecular weight is 289 g/mol. The predicted molar refractivity (Wildman–Crippen MR) is 52.2 cm³/mol. The zero-order valence-electron chi connectivity index (χ0n) is 10.1. The van der Waals surface area contributed by atoms with Crippen LogP contribution in [0.25, 0.3) is 0 Å². The summed E-state index contributed by atoms with van der Waals surface area (Å²) in [5.74, 6) is -2.11. The Balaban J connectivity index is -0.000000218. The molecule has 0 aromatic rings. The predicted octanol–water partition coefficient (Wildman–Crippen LogP) is -1.68. The van der Waals surface area contributed by atoms with Gasteiger partial charge in [-0.15, -0.1) is 0 Å². The fraction of sp³-hybridized carbons (Fsp3) is 0.800. The van der Waals surface area contributed by atoms with Crippen LogP contribution in [0, 0.1) is 0 Å². The second-order valence-corrected chi connectivity index (χ2v) is 2.64. The second kappa shape index (κ2) is 17.8. The van der Waals surface area contributed by atoms with Crippen LogP contribution in [-0.4, -0.2) is 38.4 Å². The monoisotopic (exact) mass is 289 g/mol. The summed E-state index contributed by atoms with van der Waals surface area (Å²) in [4.78, 5) is 19.4. The van der Waals surface area contributed by atoms with Crippen molar-refractivity contribution in [2.75, 3.05) is 26.4 Å². The van der Waals surface area contributed by atoms with Crippen LogP contribution in [0.5, 0.6) is 0 Å². The van der Waals surface area contributed by atoms with Gasteiger partial charge in [0.15, 0.2) is 0 Å². The molecule has 0 saturated heterocycles. The minimum Gasteiger partial charge on any atom is -0.550 e. The van der Waals surface area contributed by atoms with Gasteiger partial charge in [-0.1, -0.05) is 0 Å². The Labute approximate surface area is 112 Å². The Bertz CT molecular complexity index is 166. The van der Waals surface area contributed by atoms with Gasteiger partial charge in [0.05, 0.1) is 13.2 Å². The Kier molecular flexibility index (Phi) is 22.6. The molecule has 0 rings (SSSR count). The first kappa shape index (κ1) is 21.6. The van der Waals surface area contributed by atoms with E-state index in [-0.39, 0.29) is 43.1 Å². The fourth-order valence-corrected chi connectivity index (χ4v) is 0.600. The molecule has 6 nitrogen and oxygen atoms in total. The number of hydrogen-bond donors (Lipinski definition) is 0. The van der Waals surface area contributed by atoms with E-state index in [0.29, 0.717) is 13.2 Å². The standard InChI is InChI=1S/2C5H10O3.Mn/c2*1-2-8-4-3-5(6)7;/h2*2-4H2,1H3,(H,6,7);/q;;+2/p-2. The molecule has 0 aromatic carbocycles. The number of carbonyl (C=O) groups excluding carboxylic acids is 2. The molecule has 0 amide bonds. The molecule has 17 heavy (non-hydrogen) atoms. The summed E-state index contributed by atoms with van der Waals surface area (Å²) >= 11 is 0. The summed E-state index contributed by atoms with van der Waals surface area (Å²) < 4.78 is 9.45. The normalized spacial score (nSPS) is 8.59. The van der Waals surface area contributed by atoms with E-state index in [0.717, 1.165) is 0 Å². The minimum absolute atomic E-state index is 0. The molecular weight excluding hydrogens is 271 g/mol. The second-order valence-electron chi connectivity index (χ2n) is 2.64.